The maximum atomic E-state index is 11.5. The molecule has 16 heavy (non-hydrogen) atoms. The van der Waals surface area contributed by atoms with Crippen LogP contribution in [0.1, 0.15) is 12.8 Å². The second-order valence-electron chi connectivity index (χ2n) is 3.02. The molecule has 0 radical (unpaired) electrons. The Morgan fingerprint density at radius 1 is 1.62 bits per heavy atom. The molecule has 0 bridgehead atoms. The van der Waals surface area contributed by atoms with Crippen LogP contribution in [0.3, 0.4) is 0 Å². The van der Waals surface area contributed by atoms with Crippen LogP contribution in [-0.2, 0) is 15.8 Å². The number of carbonyl (C=O) groups is 1. The Labute approximate surface area is 99.0 Å². The first-order valence-electron chi connectivity index (χ1n) is 4.73. The normalized spacial score (nSPS) is 12.3. The standard InChI is InChI=1S/C11H16N2O2S/c1-4-12-13(3)16(15)9-7-5-6-8-11(2)10-14/h1,5-6,10,12H,2,7-9H2,3H3. The number of nitrogens with one attached hydrogen (secondary N) is 1. The molecule has 0 aliphatic heterocycles. The molecule has 1 unspecified atom stereocenters. The van der Waals surface area contributed by atoms with Crippen LogP contribution in [0.25, 0.3) is 0 Å². The average molecular weight is 240 g/mol. The average Bonchev–Trinajstić information content (AvgIpc) is 2.28. The first-order chi connectivity index (χ1) is 7.61. The Bertz CT molecular complexity index is 331. The van der Waals surface area contributed by atoms with Crippen molar-refractivity contribution in [3.63, 3.8) is 0 Å². The molecule has 0 aliphatic carbocycles. The van der Waals surface area contributed by atoms with E-state index in [1.165, 1.54) is 4.41 Å². The van der Waals surface area contributed by atoms with Gasteiger partial charge in [0.25, 0.3) is 0 Å². The van der Waals surface area contributed by atoms with Crippen LogP contribution in [0.4, 0.5) is 0 Å². The second-order valence-corrected chi connectivity index (χ2v) is 4.62. The van der Waals surface area contributed by atoms with Crippen molar-refractivity contribution >= 4 is 17.3 Å². The lowest BCUT2D eigenvalue weighted by Gasteiger charge is -2.12. The fourth-order valence-corrected chi connectivity index (χ4v) is 1.61. The van der Waals surface area contributed by atoms with E-state index >= 15 is 0 Å². The predicted molar refractivity (Wildman–Crippen MR) is 66.3 cm³/mol. The van der Waals surface area contributed by atoms with Crippen molar-refractivity contribution in [2.45, 2.75) is 12.8 Å². The van der Waals surface area contributed by atoms with Crippen molar-refractivity contribution < 1.29 is 9.00 Å². The van der Waals surface area contributed by atoms with Crippen LogP contribution >= 0.6 is 0 Å². The predicted octanol–water partition coefficient (Wildman–Crippen LogP) is 0.769. The summed E-state index contributed by atoms with van der Waals surface area (Å²) in [5, 5.41) is 0. The third kappa shape index (κ3) is 6.98. The van der Waals surface area contributed by atoms with Gasteiger partial charge in [0.2, 0.25) is 0 Å². The van der Waals surface area contributed by atoms with Gasteiger partial charge in [0, 0.05) is 18.8 Å². The van der Waals surface area contributed by atoms with E-state index in [0.29, 0.717) is 24.2 Å². The molecule has 1 N–H and O–H groups in total. The maximum Gasteiger partial charge on any atom is 0.145 e. The van der Waals surface area contributed by atoms with E-state index < -0.39 is 11.0 Å². The Morgan fingerprint density at radius 3 is 2.88 bits per heavy atom. The lowest BCUT2D eigenvalue weighted by atomic mass is 10.2. The van der Waals surface area contributed by atoms with Crippen molar-refractivity contribution in [2.75, 3.05) is 12.8 Å². The highest BCUT2D eigenvalue weighted by atomic mass is 32.2. The molecule has 1 atom stereocenters. The van der Waals surface area contributed by atoms with Crippen LogP contribution in [0.2, 0.25) is 0 Å². The molecule has 0 fully saturated rings. The van der Waals surface area contributed by atoms with Crippen LogP contribution in [0, 0.1) is 12.5 Å². The van der Waals surface area contributed by atoms with Crippen LogP contribution in [0.5, 0.6) is 0 Å². The van der Waals surface area contributed by atoms with E-state index in [9.17, 15) is 9.00 Å². The molecular weight excluding hydrogens is 224 g/mol. The molecule has 0 rings (SSSR count). The quantitative estimate of drug-likeness (QED) is 0.170. The van der Waals surface area contributed by atoms with Crippen LogP contribution in [-0.4, -0.2) is 27.7 Å². The lowest BCUT2D eigenvalue weighted by molar-refractivity contribution is -0.104. The van der Waals surface area contributed by atoms with Crippen molar-refractivity contribution in [1.29, 1.82) is 0 Å². The Hall–Kier alpha value is -1.38. The number of allylic oxidation sites excluding steroid dienone is 3. The molecule has 0 aromatic carbocycles. The first-order valence-corrected chi connectivity index (χ1v) is 6.00. The molecule has 0 aliphatic rings. The zero-order valence-corrected chi connectivity index (χ0v) is 10.1. The van der Waals surface area contributed by atoms with Gasteiger partial charge in [0.1, 0.15) is 17.3 Å². The SMILES string of the molecule is C#CNN(C)S(=O)CCC=CCC(=C)C=O. The summed E-state index contributed by atoms with van der Waals surface area (Å²) in [4.78, 5) is 10.2. The lowest BCUT2D eigenvalue weighted by Crippen LogP contribution is -2.33. The van der Waals surface area contributed by atoms with Crippen LogP contribution in [0.15, 0.2) is 24.3 Å². The minimum Gasteiger partial charge on any atom is -0.298 e. The summed E-state index contributed by atoms with van der Waals surface area (Å²) in [5.74, 6) is 0.481. The summed E-state index contributed by atoms with van der Waals surface area (Å²) in [5.41, 5.74) is 3.02. The molecule has 88 valence electrons. The molecule has 0 aromatic heterocycles. The molecule has 0 amide bonds. The van der Waals surface area contributed by atoms with Gasteiger partial charge in [-0.1, -0.05) is 25.2 Å². The third-order valence-electron chi connectivity index (χ3n) is 1.70. The largest absolute Gasteiger partial charge is 0.298 e. The van der Waals surface area contributed by atoms with Crippen molar-refractivity contribution in [2.24, 2.45) is 0 Å². The number of carbonyl (C=O) groups excluding carboxylic acids is 1. The second kappa shape index (κ2) is 8.89. The molecule has 4 nitrogen and oxygen atoms in total. The number of rotatable bonds is 8. The minimum absolute atomic E-state index is 0.481. The fourth-order valence-electron chi connectivity index (χ4n) is 0.848. The van der Waals surface area contributed by atoms with Crippen molar-refractivity contribution in [1.82, 2.24) is 9.84 Å². The molecule has 0 saturated carbocycles. The highest BCUT2D eigenvalue weighted by Crippen LogP contribution is 1.97. The van der Waals surface area contributed by atoms with Gasteiger partial charge in [-0.3, -0.25) is 10.2 Å². The molecule has 0 aromatic rings. The summed E-state index contributed by atoms with van der Waals surface area (Å²) in [7, 11) is 0.475. The number of hydrogen-bond acceptors (Lipinski definition) is 3. The number of hydrazine groups is 1. The number of nitrogens with zero attached hydrogens (tertiary/aromatic N) is 1. The molecule has 0 spiro atoms. The van der Waals surface area contributed by atoms with E-state index in [4.69, 9.17) is 6.42 Å². The van der Waals surface area contributed by atoms with Gasteiger partial charge in [-0.25, -0.2) is 4.21 Å². The highest BCUT2D eigenvalue weighted by molar-refractivity contribution is 7.82. The number of aldehydes is 1. The molecule has 5 heteroatoms. The topological polar surface area (TPSA) is 49.4 Å². The van der Waals surface area contributed by atoms with Gasteiger partial charge in [-0.2, -0.15) is 0 Å². The Balaban J connectivity index is 3.74. The molecule has 0 heterocycles. The summed E-state index contributed by atoms with van der Waals surface area (Å²) < 4.78 is 12.8. The van der Waals surface area contributed by atoms with Crippen molar-refractivity contribution in [3.8, 4) is 12.5 Å². The van der Waals surface area contributed by atoms with Crippen molar-refractivity contribution in [3.05, 3.63) is 24.3 Å². The van der Waals surface area contributed by atoms with E-state index in [-0.39, 0.29) is 0 Å². The van der Waals surface area contributed by atoms with Gasteiger partial charge in [-0.15, -0.1) is 4.41 Å². The third-order valence-corrected chi connectivity index (χ3v) is 2.99. The summed E-state index contributed by atoms with van der Waals surface area (Å²) >= 11 is 0. The van der Waals surface area contributed by atoms with E-state index in [2.05, 4.69) is 18.0 Å². The van der Waals surface area contributed by atoms with Gasteiger partial charge in [0.05, 0.1) is 0 Å². The van der Waals surface area contributed by atoms with Gasteiger partial charge < -0.3 is 0 Å². The Morgan fingerprint density at radius 2 is 2.31 bits per heavy atom. The summed E-state index contributed by atoms with van der Waals surface area (Å²) in [6, 6.07) is 2.19. The zero-order chi connectivity index (χ0) is 12.4. The zero-order valence-electron chi connectivity index (χ0n) is 9.31. The van der Waals surface area contributed by atoms with E-state index in [1.54, 1.807) is 7.05 Å². The smallest absolute Gasteiger partial charge is 0.145 e. The summed E-state index contributed by atoms with van der Waals surface area (Å²) in [6.07, 6.45) is 10.6. The fraction of sp³-hybridized carbons (Fsp3) is 0.364. The van der Waals surface area contributed by atoms with Gasteiger partial charge in [-0.05, 0) is 18.4 Å². The first kappa shape index (κ1) is 14.6. The van der Waals surface area contributed by atoms with E-state index in [0.717, 1.165) is 6.29 Å². The minimum atomic E-state index is -1.14. The molecular formula is C11H16N2O2S. The molecule has 0 saturated heterocycles. The van der Waals surface area contributed by atoms with E-state index in [1.807, 2.05) is 12.2 Å². The van der Waals surface area contributed by atoms with Crippen LogP contribution < -0.4 is 5.43 Å². The summed E-state index contributed by atoms with van der Waals surface area (Å²) in [6.45, 7) is 3.54. The van der Waals surface area contributed by atoms with Gasteiger partial charge >= 0.3 is 0 Å². The Kier molecular flexibility index (Phi) is 8.12. The highest BCUT2D eigenvalue weighted by Gasteiger charge is 2.03. The number of hydrogen-bond donors (Lipinski definition) is 1. The maximum absolute atomic E-state index is 11.5. The monoisotopic (exact) mass is 240 g/mol. The van der Waals surface area contributed by atoms with Gasteiger partial charge in [0.15, 0.2) is 0 Å². The number of terminal acetylenes is 1.